The van der Waals surface area contributed by atoms with E-state index in [1.54, 1.807) is 19.1 Å². The first-order chi connectivity index (χ1) is 18.4. The van der Waals surface area contributed by atoms with Crippen LogP contribution in [-0.4, -0.2) is 52.4 Å². The lowest BCUT2D eigenvalue weighted by atomic mass is 9.97. The van der Waals surface area contributed by atoms with Gasteiger partial charge in [0.15, 0.2) is 0 Å². The maximum absolute atomic E-state index is 12.8. The average molecular weight is 538 g/mol. The number of nitrogens with one attached hydrogen (secondary N) is 2. The minimum Gasteiger partial charge on any atom is -0.492 e. The number of carbonyl (C=O) groups excluding carboxylic acids is 3. The minimum atomic E-state index is -1.12. The van der Waals surface area contributed by atoms with Gasteiger partial charge >= 0.3 is 12.2 Å². The number of aromatic nitrogens is 1. The van der Waals surface area contributed by atoms with Gasteiger partial charge in [0.1, 0.15) is 12.6 Å². The topological polar surface area (TPSA) is 148 Å². The second-order valence-corrected chi connectivity index (χ2v) is 10.4. The number of fused-ring (bicyclic) bond motifs is 3. The van der Waals surface area contributed by atoms with Gasteiger partial charge in [-0.15, -0.1) is 4.73 Å². The fourth-order valence-corrected chi connectivity index (χ4v) is 4.13. The lowest BCUT2D eigenvalue weighted by molar-refractivity contribution is -0.117. The van der Waals surface area contributed by atoms with Crippen LogP contribution in [0.5, 0.6) is 11.8 Å². The van der Waals surface area contributed by atoms with Crippen molar-refractivity contribution in [2.45, 2.75) is 39.7 Å². The van der Waals surface area contributed by atoms with Crippen molar-refractivity contribution in [3.63, 3.8) is 0 Å². The third kappa shape index (κ3) is 6.43. The Morgan fingerprint density at radius 2 is 1.62 bits per heavy atom. The molecule has 0 saturated heterocycles. The van der Waals surface area contributed by atoms with Gasteiger partial charge in [0.25, 0.3) is 0 Å². The Balaban J connectivity index is 1.44. The molecule has 3 aromatic rings. The number of hydrogen-bond acceptors (Lipinski definition) is 8. The molecular formula is C28H31N3O8. The van der Waals surface area contributed by atoms with Crippen molar-refractivity contribution >= 4 is 23.8 Å². The Hall–Kier alpha value is -4.67. The van der Waals surface area contributed by atoms with Crippen LogP contribution in [0.3, 0.4) is 0 Å². The highest BCUT2D eigenvalue weighted by molar-refractivity contribution is 5.97. The molecule has 0 fully saturated rings. The Morgan fingerprint density at radius 1 is 0.949 bits per heavy atom. The molecule has 2 unspecified atom stereocenters. The molecule has 11 nitrogen and oxygen atoms in total. The second-order valence-electron chi connectivity index (χ2n) is 10.4. The molecule has 1 aliphatic rings. The van der Waals surface area contributed by atoms with Crippen molar-refractivity contribution in [2.75, 3.05) is 18.5 Å². The molecule has 206 valence electrons. The highest BCUT2D eigenvalue weighted by Gasteiger charge is 2.31. The van der Waals surface area contributed by atoms with Crippen LogP contribution in [0.2, 0.25) is 0 Å². The number of anilines is 1. The van der Waals surface area contributed by atoms with Gasteiger partial charge in [0, 0.05) is 23.7 Å². The Morgan fingerprint density at radius 3 is 2.31 bits per heavy atom. The third-order valence-corrected chi connectivity index (χ3v) is 6.02. The summed E-state index contributed by atoms with van der Waals surface area (Å²) < 4.78 is 11.0. The summed E-state index contributed by atoms with van der Waals surface area (Å²) in [5, 5.41) is 24.7. The molecule has 0 spiro atoms. The number of aromatic hydroxyl groups is 2. The largest absolute Gasteiger partial charge is 0.534 e. The Bertz CT molecular complexity index is 1370. The van der Waals surface area contributed by atoms with E-state index in [9.17, 15) is 24.6 Å². The van der Waals surface area contributed by atoms with Crippen LogP contribution in [-0.2, 0) is 14.3 Å². The van der Waals surface area contributed by atoms with Crippen molar-refractivity contribution in [3.05, 3.63) is 65.7 Å². The van der Waals surface area contributed by atoms with E-state index in [1.807, 2.05) is 51.1 Å². The molecule has 0 bridgehead atoms. The molecule has 11 heteroatoms. The number of alkyl carbamates (subject to hydrolysis) is 1. The molecule has 4 N–H and O–H groups in total. The SMILES string of the molecule is CC(NC(=O)OCC(C)(C)C)C(=O)Nc1ccc2c(c1)C(COC(=O)On1c(O)ccc1O)c1ccccc1-2. The number of benzene rings is 2. The van der Waals surface area contributed by atoms with E-state index in [0.717, 1.165) is 34.4 Å². The van der Waals surface area contributed by atoms with Crippen molar-refractivity contribution in [1.82, 2.24) is 10.0 Å². The molecule has 2 amide bonds. The van der Waals surface area contributed by atoms with Gasteiger partial charge in [0.2, 0.25) is 17.7 Å². The smallest absolute Gasteiger partial charge is 0.492 e. The van der Waals surface area contributed by atoms with Gasteiger partial charge < -0.3 is 30.3 Å². The molecule has 0 saturated carbocycles. The molecule has 1 aromatic heterocycles. The first-order valence-corrected chi connectivity index (χ1v) is 12.3. The zero-order chi connectivity index (χ0) is 28.3. The van der Waals surface area contributed by atoms with Crippen LogP contribution in [0.4, 0.5) is 15.3 Å². The second kappa shape index (κ2) is 11.0. The van der Waals surface area contributed by atoms with E-state index >= 15 is 0 Å². The van der Waals surface area contributed by atoms with Crippen LogP contribution in [0.25, 0.3) is 11.1 Å². The Kier molecular flexibility index (Phi) is 7.70. The number of carbonyl (C=O) groups is 3. The number of rotatable bonds is 7. The van der Waals surface area contributed by atoms with E-state index in [-0.39, 0.29) is 24.5 Å². The zero-order valence-electron chi connectivity index (χ0n) is 22.1. The minimum absolute atomic E-state index is 0.0966. The fourth-order valence-electron chi connectivity index (χ4n) is 4.13. The van der Waals surface area contributed by atoms with Crippen molar-refractivity contribution < 1.29 is 38.9 Å². The zero-order valence-corrected chi connectivity index (χ0v) is 22.1. The summed E-state index contributed by atoms with van der Waals surface area (Å²) in [5.74, 6) is -1.73. The summed E-state index contributed by atoms with van der Waals surface area (Å²) in [7, 11) is 0. The maximum atomic E-state index is 12.8. The highest BCUT2D eigenvalue weighted by Crippen LogP contribution is 2.45. The number of ether oxygens (including phenoxy) is 2. The van der Waals surface area contributed by atoms with Gasteiger partial charge in [-0.3, -0.25) is 9.63 Å². The van der Waals surface area contributed by atoms with E-state index in [4.69, 9.17) is 14.3 Å². The van der Waals surface area contributed by atoms with Gasteiger partial charge in [-0.2, -0.15) is 0 Å². The summed E-state index contributed by atoms with van der Waals surface area (Å²) in [4.78, 5) is 42.0. The quantitative estimate of drug-likeness (QED) is 0.325. The van der Waals surface area contributed by atoms with Gasteiger partial charge in [-0.1, -0.05) is 51.1 Å². The first kappa shape index (κ1) is 27.4. The molecule has 0 aliphatic heterocycles. The predicted molar refractivity (Wildman–Crippen MR) is 141 cm³/mol. The summed E-state index contributed by atoms with van der Waals surface area (Å²) in [6, 6.07) is 14.5. The summed E-state index contributed by atoms with van der Waals surface area (Å²) in [5.41, 5.74) is 3.92. The van der Waals surface area contributed by atoms with Gasteiger partial charge in [-0.25, -0.2) is 9.59 Å². The van der Waals surface area contributed by atoms with Gasteiger partial charge in [0.05, 0.1) is 6.61 Å². The van der Waals surface area contributed by atoms with Crippen molar-refractivity contribution in [1.29, 1.82) is 0 Å². The fraction of sp³-hybridized carbons (Fsp3) is 0.321. The molecule has 1 heterocycles. The van der Waals surface area contributed by atoms with E-state index in [1.165, 1.54) is 0 Å². The van der Waals surface area contributed by atoms with Gasteiger partial charge in [-0.05, 0) is 46.7 Å². The number of hydrogen-bond donors (Lipinski definition) is 4. The number of amides is 2. The Labute approximate surface area is 225 Å². The predicted octanol–water partition coefficient (Wildman–Crippen LogP) is 4.38. The molecular weight excluding hydrogens is 506 g/mol. The molecule has 2 atom stereocenters. The van der Waals surface area contributed by atoms with Crippen LogP contribution in [0.1, 0.15) is 44.7 Å². The molecule has 0 radical (unpaired) electrons. The van der Waals surface area contributed by atoms with Crippen LogP contribution >= 0.6 is 0 Å². The maximum Gasteiger partial charge on any atom is 0.534 e. The van der Waals surface area contributed by atoms with E-state index in [2.05, 4.69) is 10.6 Å². The standard InChI is InChI=1S/C28H31N3O8/c1-16(29-26(35)38-15-28(2,3)4)25(34)30-17-9-10-20-18-7-5-6-8-19(18)22(21(20)13-17)14-37-27(36)39-31-23(32)11-12-24(31)33/h5-13,16,22,32-33H,14-15H2,1-4H3,(H,29,35)(H,30,34). The molecule has 1 aliphatic carbocycles. The third-order valence-electron chi connectivity index (χ3n) is 6.02. The van der Waals surface area contributed by atoms with E-state index in [0.29, 0.717) is 10.4 Å². The monoisotopic (exact) mass is 537 g/mol. The average Bonchev–Trinajstić information content (AvgIpc) is 3.37. The lowest BCUT2D eigenvalue weighted by Crippen LogP contribution is -2.42. The molecule has 2 aromatic carbocycles. The number of nitrogens with zero attached hydrogens (tertiary/aromatic N) is 1. The van der Waals surface area contributed by atoms with Crippen LogP contribution < -0.4 is 15.5 Å². The summed E-state index contributed by atoms with van der Waals surface area (Å²) in [6.07, 6.45) is -1.80. The van der Waals surface area contributed by atoms with Crippen LogP contribution in [0, 0.1) is 5.41 Å². The highest BCUT2D eigenvalue weighted by atomic mass is 16.8. The molecule has 4 rings (SSSR count). The molecule has 39 heavy (non-hydrogen) atoms. The van der Waals surface area contributed by atoms with E-state index < -0.39 is 36.0 Å². The lowest BCUT2D eigenvalue weighted by Gasteiger charge is -2.20. The van der Waals surface area contributed by atoms with Crippen molar-refractivity contribution in [2.24, 2.45) is 5.41 Å². The summed E-state index contributed by atoms with van der Waals surface area (Å²) in [6.45, 7) is 7.47. The first-order valence-electron chi connectivity index (χ1n) is 12.3. The normalized spacial score (nSPS) is 14.5. The van der Waals surface area contributed by atoms with Crippen molar-refractivity contribution in [3.8, 4) is 22.9 Å². The summed E-state index contributed by atoms with van der Waals surface area (Å²) >= 11 is 0. The van der Waals surface area contributed by atoms with Crippen LogP contribution in [0.15, 0.2) is 54.6 Å².